The highest BCUT2D eigenvalue weighted by molar-refractivity contribution is 5.90. The van der Waals surface area contributed by atoms with E-state index in [9.17, 15) is 0 Å². The molecule has 2 rings (SSSR count). The predicted octanol–water partition coefficient (Wildman–Crippen LogP) is 1.47. The second-order valence-corrected chi connectivity index (χ2v) is 3.66. The van der Waals surface area contributed by atoms with Crippen LogP contribution in [0, 0.1) is 0 Å². The quantitative estimate of drug-likeness (QED) is 0.842. The van der Waals surface area contributed by atoms with Gasteiger partial charge in [-0.1, -0.05) is 0 Å². The van der Waals surface area contributed by atoms with E-state index in [2.05, 4.69) is 20.5 Å². The summed E-state index contributed by atoms with van der Waals surface area (Å²) in [6.45, 7) is 2.65. The van der Waals surface area contributed by atoms with Crippen molar-refractivity contribution in [1.82, 2.24) is 15.2 Å². The number of methoxy groups -OCH3 is 1. The average molecular weight is 218 g/mol. The summed E-state index contributed by atoms with van der Waals surface area (Å²) in [5.74, 6) is 0.746. The lowest BCUT2D eigenvalue weighted by atomic mass is 10.2. The molecule has 16 heavy (non-hydrogen) atoms. The van der Waals surface area contributed by atoms with Crippen LogP contribution < -0.4 is 5.32 Å². The van der Waals surface area contributed by atoms with Gasteiger partial charge in [-0.05, 0) is 13.0 Å². The lowest BCUT2D eigenvalue weighted by Gasteiger charge is -2.13. The first-order valence-electron chi connectivity index (χ1n) is 5.12. The van der Waals surface area contributed by atoms with Gasteiger partial charge in [0.1, 0.15) is 0 Å². The molecule has 0 fully saturated rings. The number of nitrogens with one attached hydrogen (secondary N) is 1. The molecule has 0 aliphatic rings. The van der Waals surface area contributed by atoms with Crippen LogP contribution in [0.1, 0.15) is 6.92 Å². The maximum atomic E-state index is 5.06. The lowest BCUT2D eigenvalue weighted by Crippen LogP contribution is -2.21. The first kappa shape index (κ1) is 10.8. The Labute approximate surface area is 93.9 Å². The van der Waals surface area contributed by atoms with Crippen molar-refractivity contribution in [1.29, 1.82) is 0 Å². The molecule has 1 unspecified atom stereocenters. The van der Waals surface area contributed by atoms with Crippen molar-refractivity contribution in [3.8, 4) is 0 Å². The van der Waals surface area contributed by atoms with E-state index in [4.69, 9.17) is 4.74 Å². The van der Waals surface area contributed by atoms with E-state index in [0.29, 0.717) is 6.61 Å². The Balaban J connectivity index is 2.30. The standard InChI is InChI=1S/C11H14N4O/c1-8(7-16-2)14-11-10-6-12-4-3-9(10)5-13-15-11/h3-6,8H,7H2,1-2H3,(H,14,15). The van der Waals surface area contributed by atoms with Gasteiger partial charge in [0, 0.05) is 36.3 Å². The predicted molar refractivity (Wildman–Crippen MR) is 62.3 cm³/mol. The molecule has 2 heterocycles. The first-order chi connectivity index (χ1) is 7.81. The summed E-state index contributed by atoms with van der Waals surface area (Å²) in [6, 6.07) is 2.10. The van der Waals surface area contributed by atoms with Crippen LogP contribution in [0.5, 0.6) is 0 Å². The van der Waals surface area contributed by atoms with E-state index in [1.54, 1.807) is 25.7 Å². The third-order valence-electron chi connectivity index (χ3n) is 2.26. The van der Waals surface area contributed by atoms with Gasteiger partial charge in [-0.2, -0.15) is 5.10 Å². The molecule has 0 aromatic carbocycles. The number of rotatable bonds is 4. The van der Waals surface area contributed by atoms with E-state index in [-0.39, 0.29) is 6.04 Å². The molecule has 0 saturated carbocycles. The molecular weight excluding hydrogens is 204 g/mol. The molecule has 5 nitrogen and oxygen atoms in total. The van der Waals surface area contributed by atoms with E-state index in [1.807, 2.05) is 13.0 Å². The Bertz CT molecular complexity index is 469. The zero-order chi connectivity index (χ0) is 11.4. The Morgan fingerprint density at radius 2 is 2.31 bits per heavy atom. The lowest BCUT2D eigenvalue weighted by molar-refractivity contribution is 0.190. The van der Waals surface area contributed by atoms with Gasteiger partial charge in [0.25, 0.3) is 0 Å². The van der Waals surface area contributed by atoms with Crippen molar-refractivity contribution in [3.05, 3.63) is 24.7 Å². The molecule has 2 aromatic heterocycles. The molecule has 1 N–H and O–H groups in total. The Morgan fingerprint density at radius 3 is 3.12 bits per heavy atom. The Hall–Kier alpha value is -1.75. The molecule has 1 atom stereocenters. The van der Waals surface area contributed by atoms with Gasteiger partial charge in [-0.3, -0.25) is 4.98 Å². The fourth-order valence-corrected chi connectivity index (χ4v) is 1.55. The van der Waals surface area contributed by atoms with Crippen molar-refractivity contribution in [2.24, 2.45) is 0 Å². The third kappa shape index (κ3) is 2.25. The first-order valence-corrected chi connectivity index (χ1v) is 5.12. The fourth-order valence-electron chi connectivity index (χ4n) is 1.55. The highest BCUT2D eigenvalue weighted by atomic mass is 16.5. The molecule has 0 aliphatic carbocycles. The minimum atomic E-state index is 0.185. The molecule has 0 spiro atoms. The molecule has 2 aromatic rings. The fraction of sp³-hybridized carbons (Fsp3) is 0.364. The minimum Gasteiger partial charge on any atom is -0.383 e. The topological polar surface area (TPSA) is 59.9 Å². The number of anilines is 1. The van der Waals surface area contributed by atoms with Crippen LogP contribution in [0.15, 0.2) is 24.7 Å². The zero-order valence-corrected chi connectivity index (χ0v) is 9.34. The smallest absolute Gasteiger partial charge is 0.158 e. The van der Waals surface area contributed by atoms with Crippen LogP contribution in [-0.2, 0) is 4.74 Å². The van der Waals surface area contributed by atoms with E-state index in [1.165, 1.54) is 0 Å². The molecule has 84 valence electrons. The highest BCUT2D eigenvalue weighted by Crippen LogP contribution is 2.18. The maximum absolute atomic E-state index is 5.06. The molecule has 0 radical (unpaired) electrons. The number of hydrogen-bond donors (Lipinski definition) is 1. The Morgan fingerprint density at radius 1 is 1.44 bits per heavy atom. The number of hydrogen-bond acceptors (Lipinski definition) is 5. The third-order valence-corrected chi connectivity index (χ3v) is 2.26. The van der Waals surface area contributed by atoms with Gasteiger partial charge >= 0.3 is 0 Å². The van der Waals surface area contributed by atoms with Crippen LogP contribution in [0.4, 0.5) is 5.82 Å². The summed E-state index contributed by atoms with van der Waals surface area (Å²) in [5, 5.41) is 13.3. The number of ether oxygens (including phenoxy) is 1. The number of fused-ring (bicyclic) bond motifs is 1. The number of aromatic nitrogens is 3. The van der Waals surface area contributed by atoms with Crippen molar-refractivity contribution < 1.29 is 4.74 Å². The summed E-state index contributed by atoms with van der Waals surface area (Å²) >= 11 is 0. The largest absolute Gasteiger partial charge is 0.383 e. The van der Waals surface area contributed by atoms with Crippen LogP contribution >= 0.6 is 0 Å². The maximum Gasteiger partial charge on any atom is 0.158 e. The minimum absolute atomic E-state index is 0.185. The average Bonchev–Trinajstić information content (AvgIpc) is 2.30. The molecule has 0 saturated heterocycles. The van der Waals surface area contributed by atoms with Gasteiger partial charge in [0.2, 0.25) is 0 Å². The number of nitrogens with zero attached hydrogens (tertiary/aromatic N) is 3. The van der Waals surface area contributed by atoms with Crippen LogP contribution in [0.2, 0.25) is 0 Å². The van der Waals surface area contributed by atoms with Gasteiger partial charge in [-0.15, -0.1) is 5.10 Å². The molecule has 0 aliphatic heterocycles. The van der Waals surface area contributed by atoms with Gasteiger partial charge in [-0.25, -0.2) is 0 Å². The molecular formula is C11H14N4O. The van der Waals surface area contributed by atoms with Gasteiger partial charge in [0.05, 0.1) is 12.8 Å². The van der Waals surface area contributed by atoms with Crippen LogP contribution in [0.3, 0.4) is 0 Å². The normalized spacial score (nSPS) is 12.6. The van der Waals surface area contributed by atoms with Gasteiger partial charge < -0.3 is 10.1 Å². The monoisotopic (exact) mass is 218 g/mol. The second-order valence-electron chi connectivity index (χ2n) is 3.66. The van der Waals surface area contributed by atoms with Crippen LogP contribution in [-0.4, -0.2) is 34.9 Å². The van der Waals surface area contributed by atoms with E-state index < -0.39 is 0 Å². The van der Waals surface area contributed by atoms with Crippen molar-refractivity contribution in [2.75, 3.05) is 19.0 Å². The summed E-state index contributed by atoms with van der Waals surface area (Å²) in [4.78, 5) is 4.09. The zero-order valence-electron chi connectivity index (χ0n) is 9.34. The molecule has 0 amide bonds. The van der Waals surface area contributed by atoms with E-state index in [0.717, 1.165) is 16.6 Å². The molecule has 5 heteroatoms. The highest BCUT2D eigenvalue weighted by Gasteiger charge is 2.06. The summed E-state index contributed by atoms with van der Waals surface area (Å²) in [5.41, 5.74) is 0. The van der Waals surface area contributed by atoms with Crippen molar-refractivity contribution in [3.63, 3.8) is 0 Å². The summed E-state index contributed by atoms with van der Waals surface area (Å²) < 4.78 is 5.06. The van der Waals surface area contributed by atoms with Gasteiger partial charge in [0.15, 0.2) is 5.82 Å². The second kappa shape index (κ2) is 4.85. The summed E-state index contributed by atoms with van der Waals surface area (Å²) in [6.07, 6.45) is 5.25. The van der Waals surface area contributed by atoms with Crippen molar-refractivity contribution in [2.45, 2.75) is 13.0 Å². The summed E-state index contributed by atoms with van der Waals surface area (Å²) in [7, 11) is 1.68. The SMILES string of the molecule is COCC(C)Nc1nncc2ccncc12. The Kier molecular flexibility index (Phi) is 3.26. The van der Waals surface area contributed by atoms with Crippen molar-refractivity contribution >= 4 is 16.6 Å². The van der Waals surface area contributed by atoms with E-state index >= 15 is 0 Å². The van der Waals surface area contributed by atoms with Crippen LogP contribution in [0.25, 0.3) is 10.8 Å². The molecule has 0 bridgehead atoms. The number of pyridine rings is 1.